The second kappa shape index (κ2) is 5.19. The lowest BCUT2D eigenvalue weighted by Gasteiger charge is -2.10. The van der Waals surface area contributed by atoms with E-state index < -0.39 is 5.97 Å². The molecule has 2 aromatic rings. The maximum atomic E-state index is 11.3. The van der Waals surface area contributed by atoms with Crippen molar-refractivity contribution in [3.8, 4) is 11.1 Å². The Morgan fingerprint density at radius 2 is 1.67 bits per heavy atom. The molecule has 0 saturated heterocycles. The molecular weight excluding hydrogens is 294 g/mol. The molecule has 0 heterocycles. The van der Waals surface area contributed by atoms with Crippen molar-refractivity contribution in [2.75, 3.05) is 0 Å². The molecule has 2 nitrogen and oxygen atoms in total. The third-order valence-corrected chi connectivity index (χ3v) is 3.33. The van der Waals surface area contributed by atoms with Crippen molar-refractivity contribution in [2.24, 2.45) is 0 Å². The van der Waals surface area contributed by atoms with E-state index in [1.54, 1.807) is 30.3 Å². The number of hydrogen-bond acceptors (Lipinski definition) is 1. The van der Waals surface area contributed by atoms with Crippen LogP contribution in [0.4, 0.5) is 0 Å². The van der Waals surface area contributed by atoms with Gasteiger partial charge in [0.1, 0.15) is 0 Å². The minimum Gasteiger partial charge on any atom is -0.478 e. The van der Waals surface area contributed by atoms with Crippen molar-refractivity contribution in [3.05, 3.63) is 57.0 Å². The van der Waals surface area contributed by atoms with Gasteiger partial charge in [0, 0.05) is 15.6 Å². The smallest absolute Gasteiger partial charge is 0.337 e. The van der Waals surface area contributed by atoms with E-state index in [1.165, 1.54) is 6.07 Å². The Bertz CT molecular complexity index is 624. The molecule has 2 rings (SSSR count). The molecule has 0 fully saturated rings. The fourth-order valence-corrected chi connectivity index (χ4v) is 2.32. The van der Waals surface area contributed by atoms with Crippen molar-refractivity contribution in [1.82, 2.24) is 0 Å². The normalized spacial score (nSPS) is 10.4. The first kappa shape index (κ1) is 13.2. The summed E-state index contributed by atoms with van der Waals surface area (Å²) in [6.07, 6.45) is 0. The van der Waals surface area contributed by atoms with Gasteiger partial charge in [-0.3, -0.25) is 0 Å². The molecule has 0 aliphatic heterocycles. The maximum Gasteiger partial charge on any atom is 0.337 e. The van der Waals surface area contributed by atoms with E-state index in [0.717, 1.165) is 0 Å². The van der Waals surface area contributed by atoms with Crippen molar-refractivity contribution in [2.45, 2.75) is 0 Å². The summed E-state index contributed by atoms with van der Waals surface area (Å²) in [5.74, 6) is -1.10. The summed E-state index contributed by atoms with van der Waals surface area (Å²) in [6.45, 7) is 0. The van der Waals surface area contributed by atoms with Crippen LogP contribution >= 0.6 is 34.8 Å². The third kappa shape index (κ3) is 2.46. The first-order valence-corrected chi connectivity index (χ1v) is 6.11. The maximum absolute atomic E-state index is 11.3. The van der Waals surface area contributed by atoms with Gasteiger partial charge in [-0.1, -0.05) is 46.9 Å². The van der Waals surface area contributed by atoms with E-state index in [1.807, 2.05) is 0 Å². The number of carboxylic acids is 1. The fourth-order valence-electron chi connectivity index (χ4n) is 1.67. The largest absolute Gasteiger partial charge is 0.478 e. The number of hydrogen-bond donors (Lipinski definition) is 1. The molecule has 0 aromatic heterocycles. The first-order valence-electron chi connectivity index (χ1n) is 4.98. The molecule has 0 saturated carbocycles. The van der Waals surface area contributed by atoms with Gasteiger partial charge in [0.2, 0.25) is 0 Å². The SMILES string of the molecule is O=C(O)c1c(Cl)cccc1-c1cc(Cl)ccc1Cl. The molecule has 0 aliphatic rings. The number of aromatic carboxylic acids is 1. The zero-order valence-corrected chi connectivity index (χ0v) is 11.2. The number of rotatable bonds is 2. The van der Waals surface area contributed by atoms with Gasteiger partial charge in [-0.05, 0) is 29.8 Å². The summed E-state index contributed by atoms with van der Waals surface area (Å²) in [5.41, 5.74) is 1.01. The minimum absolute atomic E-state index is 0.0170. The van der Waals surface area contributed by atoms with Crippen molar-refractivity contribution in [1.29, 1.82) is 0 Å². The molecule has 0 atom stereocenters. The molecule has 2 aromatic carbocycles. The van der Waals surface area contributed by atoms with Crippen LogP contribution in [0.3, 0.4) is 0 Å². The first-order chi connectivity index (χ1) is 8.50. The van der Waals surface area contributed by atoms with Gasteiger partial charge >= 0.3 is 5.97 Å². The molecule has 5 heteroatoms. The van der Waals surface area contributed by atoms with Crippen LogP contribution in [0.2, 0.25) is 15.1 Å². The van der Waals surface area contributed by atoms with E-state index in [4.69, 9.17) is 34.8 Å². The molecule has 0 bridgehead atoms. The van der Waals surface area contributed by atoms with Crippen LogP contribution < -0.4 is 0 Å². The number of carboxylic acid groups (broad SMARTS) is 1. The Hall–Kier alpha value is -1.22. The molecular formula is C13H7Cl3O2. The fraction of sp³-hybridized carbons (Fsp3) is 0. The molecule has 0 aliphatic carbocycles. The Balaban J connectivity index is 2.75. The van der Waals surface area contributed by atoms with E-state index >= 15 is 0 Å². The van der Waals surface area contributed by atoms with Crippen molar-refractivity contribution in [3.63, 3.8) is 0 Å². The van der Waals surface area contributed by atoms with Gasteiger partial charge in [-0.2, -0.15) is 0 Å². The van der Waals surface area contributed by atoms with Crippen LogP contribution in [-0.2, 0) is 0 Å². The summed E-state index contributed by atoms with van der Waals surface area (Å²) in [4.78, 5) is 11.3. The molecule has 1 N–H and O–H groups in total. The summed E-state index contributed by atoms with van der Waals surface area (Å²) >= 11 is 17.9. The highest BCUT2D eigenvalue weighted by Gasteiger charge is 2.17. The van der Waals surface area contributed by atoms with Crippen LogP contribution in [0.25, 0.3) is 11.1 Å². The summed E-state index contributed by atoms with van der Waals surface area (Å²) in [5, 5.41) is 10.3. The van der Waals surface area contributed by atoms with Crippen LogP contribution in [0.15, 0.2) is 36.4 Å². The van der Waals surface area contributed by atoms with Gasteiger partial charge in [-0.25, -0.2) is 4.79 Å². The summed E-state index contributed by atoms with van der Waals surface area (Å²) in [6, 6.07) is 9.70. The van der Waals surface area contributed by atoms with Gasteiger partial charge in [0.25, 0.3) is 0 Å². The van der Waals surface area contributed by atoms with E-state index in [9.17, 15) is 9.90 Å². The highest BCUT2D eigenvalue weighted by molar-refractivity contribution is 6.37. The van der Waals surface area contributed by atoms with Crippen molar-refractivity contribution >= 4 is 40.8 Å². The summed E-state index contributed by atoms with van der Waals surface area (Å²) in [7, 11) is 0. The van der Waals surface area contributed by atoms with Gasteiger partial charge in [-0.15, -0.1) is 0 Å². The quantitative estimate of drug-likeness (QED) is 0.846. The highest BCUT2D eigenvalue weighted by atomic mass is 35.5. The number of carbonyl (C=O) groups is 1. The van der Waals surface area contributed by atoms with E-state index in [-0.39, 0.29) is 10.6 Å². The van der Waals surface area contributed by atoms with Gasteiger partial charge in [0.05, 0.1) is 10.6 Å². The van der Waals surface area contributed by atoms with Crippen LogP contribution in [0.1, 0.15) is 10.4 Å². The second-order valence-electron chi connectivity index (χ2n) is 3.59. The van der Waals surface area contributed by atoms with Crippen LogP contribution in [-0.4, -0.2) is 11.1 Å². The van der Waals surface area contributed by atoms with E-state index in [0.29, 0.717) is 21.2 Å². The number of halogens is 3. The van der Waals surface area contributed by atoms with Crippen molar-refractivity contribution < 1.29 is 9.90 Å². The lowest BCUT2D eigenvalue weighted by Crippen LogP contribution is -2.01. The Kier molecular flexibility index (Phi) is 3.81. The second-order valence-corrected chi connectivity index (χ2v) is 4.84. The molecule has 0 amide bonds. The third-order valence-electron chi connectivity index (χ3n) is 2.45. The predicted octanol–water partition coefficient (Wildman–Crippen LogP) is 5.01. The standard InChI is InChI=1S/C13H7Cl3O2/c14-7-4-5-10(15)9(6-7)8-2-1-3-11(16)12(8)13(17)18/h1-6H,(H,17,18). The Morgan fingerprint density at radius 1 is 0.944 bits per heavy atom. The average Bonchev–Trinajstić information content (AvgIpc) is 2.31. The molecule has 92 valence electrons. The molecule has 0 spiro atoms. The van der Waals surface area contributed by atoms with Gasteiger partial charge < -0.3 is 5.11 Å². The summed E-state index contributed by atoms with van der Waals surface area (Å²) < 4.78 is 0. The minimum atomic E-state index is -1.10. The number of benzene rings is 2. The van der Waals surface area contributed by atoms with E-state index in [2.05, 4.69) is 0 Å². The topological polar surface area (TPSA) is 37.3 Å². The monoisotopic (exact) mass is 300 g/mol. The average molecular weight is 302 g/mol. The molecule has 0 radical (unpaired) electrons. The zero-order chi connectivity index (χ0) is 13.3. The highest BCUT2D eigenvalue weighted by Crippen LogP contribution is 2.35. The Labute approximate surface area is 119 Å². The van der Waals surface area contributed by atoms with Crippen LogP contribution in [0.5, 0.6) is 0 Å². The zero-order valence-electron chi connectivity index (χ0n) is 8.95. The molecule has 0 unspecified atom stereocenters. The van der Waals surface area contributed by atoms with Crippen LogP contribution in [0, 0.1) is 0 Å². The lowest BCUT2D eigenvalue weighted by molar-refractivity contribution is 0.0698. The Morgan fingerprint density at radius 3 is 2.33 bits per heavy atom. The molecule has 18 heavy (non-hydrogen) atoms. The lowest BCUT2D eigenvalue weighted by atomic mass is 9.99. The predicted molar refractivity (Wildman–Crippen MR) is 73.9 cm³/mol. The van der Waals surface area contributed by atoms with Gasteiger partial charge in [0.15, 0.2) is 0 Å².